The van der Waals surface area contributed by atoms with Gasteiger partial charge in [-0.05, 0) is 44.9 Å². The molecule has 0 aromatic carbocycles. The summed E-state index contributed by atoms with van der Waals surface area (Å²) in [6.45, 7) is 3.78. The number of hydrogen-bond donors (Lipinski definition) is 6. The van der Waals surface area contributed by atoms with Gasteiger partial charge in [-0.3, -0.25) is 4.79 Å². The second kappa shape index (κ2) is 39.8. The van der Waals surface area contributed by atoms with Crippen LogP contribution in [0.15, 0.2) is 24.3 Å². The highest BCUT2D eigenvalue weighted by atomic mass is 16.7. The van der Waals surface area contributed by atoms with Crippen molar-refractivity contribution in [2.45, 2.75) is 269 Å². The van der Waals surface area contributed by atoms with Crippen molar-refractivity contribution in [1.29, 1.82) is 0 Å². The van der Waals surface area contributed by atoms with Gasteiger partial charge in [0.05, 0.1) is 25.4 Å². The summed E-state index contributed by atoms with van der Waals surface area (Å²) in [6, 6.07) is -0.806. The van der Waals surface area contributed by atoms with Crippen LogP contribution >= 0.6 is 0 Å². The van der Waals surface area contributed by atoms with Crippen molar-refractivity contribution in [3.63, 3.8) is 0 Å². The summed E-state index contributed by atoms with van der Waals surface area (Å²) < 4.78 is 11.2. The Morgan fingerprint density at radius 1 is 0.569 bits per heavy atom. The third-order valence-electron chi connectivity index (χ3n) is 11.8. The smallest absolute Gasteiger partial charge is 0.220 e. The zero-order chi connectivity index (χ0) is 42.3. The third kappa shape index (κ3) is 29.8. The van der Waals surface area contributed by atoms with Gasteiger partial charge in [-0.15, -0.1) is 0 Å². The quantitative estimate of drug-likeness (QED) is 0.0264. The van der Waals surface area contributed by atoms with E-state index in [9.17, 15) is 30.3 Å². The molecular formula is C49H93NO8. The molecule has 0 saturated carbocycles. The largest absolute Gasteiger partial charge is 0.394 e. The molecule has 0 spiro atoms. The fourth-order valence-corrected chi connectivity index (χ4v) is 7.80. The van der Waals surface area contributed by atoms with Gasteiger partial charge >= 0.3 is 0 Å². The van der Waals surface area contributed by atoms with Gasteiger partial charge in [0.25, 0.3) is 0 Å². The van der Waals surface area contributed by atoms with E-state index in [2.05, 4.69) is 31.3 Å². The van der Waals surface area contributed by atoms with Gasteiger partial charge in [0.1, 0.15) is 24.4 Å². The number of carbonyl (C=O) groups excluding carboxylic acids is 1. The van der Waals surface area contributed by atoms with E-state index in [1.807, 2.05) is 6.08 Å². The molecule has 1 aliphatic heterocycles. The van der Waals surface area contributed by atoms with Crippen LogP contribution in [0.4, 0.5) is 0 Å². The summed E-state index contributed by atoms with van der Waals surface area (Å²) in [5, 5.41) is 54.3. The molecule has 0 bridgehead atoms. The minimum atomic E-state index is -1.57. The zero-order valence-electron chi connectivity index (χ0n) is 37.6. The lowest BCUT2D eigenvalue weighted by Crippen LogP contribution is -2.60. The van der Waals surface area contributed by atoms with Crippen molar-refractivity contribution >= 4 is 5.91 Å². The van der Waals surface area contributed by atoms with Gasteiger partial charge in [0.15, 0.2) is 6.29 Å². The Morgan fingerprint density at radius 3 is 1.40 bits per heavy atom. The van der Waals surface area contributed by atoms with E-state index in [0.717, 1.165) is 57.8 Å². The zero-order valence-corrected chi connectivity index (χ0v) is 37.6. The summed E-state index contributed by atoms with van der Waals surface area (Å²) in [4.78, 5) is 13.0. The van der Waals surface area contributed by atoms with Crippen molar-refractivity contribution < 1.29 is 39.8 Å². The number of ether oxygens (including phenoxy) is 2. The molecule has 1 heterocycles. The topological polar surface area (TPSA) is 149 Å². The van der Waals surface area contributed by atoms with Crippen molar-refractivity contribution in [2.24, 2.45) is 0 Å². The molecule has 1 amide bonds. The minimum absolute atomic E-state index is 0.184. The Kier molecular flexibility index (Phi) is 37.5. The predicted octanol–water partition coefficient (Wildman–Crippen LogP) is 10.7. The first-order chi connectivity index (χ1) is 28.3. The number of amides is 1. The maximum absolute atomic E-state index is 13.0. The predicted molar refractivity (Wildman–Crippen MR) is 240 cm³/mol. The number of hydrogen-bond acceptors (Lipinski definition) is 8. The van der Waals surface area contributed by atoms with Crippen LogP contribution in [0.2, 0.25) is 0 Å². The van der Waals surface area contributed by atoms with Gasteiger partial charge in [-0.25, -0.2) is 0 Å². The van der Waals surface area contributed by atoms with E-state index >= 15 is 0 Å². The highest BCUT2D eigenvalue weighted by Gasteiger charge is 2.44. The van der Waals surface area contributed by atoms with E-state index in [-0.39, 0.29) is 12.5 Å². The first-order valence-electron chi connectivity index (χ1n) is 24.6. The third-order valence-corrected chi connectivity index (χ3v) is 11.8. The number of carbonyl (C=O) groups is 1. The highest BCUT2D eigenvalue weighted by Crippen LogP contribution is 2.23. The first kappa shape index (κ1) is 54.7. The van der Waals surface area contributed by atoms with E-state index in [0.29, 0.717) is 6.42 Å². The van der Waals surface area contributed by atoms with Crippen LogP contribution < -0.4 is 5.32 Å². The number of allylic oxidation sites excluding steroid dienone is 3. The molecular weight excluding hydrogens is 731 g/mol. The lowest BCUT2D eigenvalue weighted by Gasteiger charge is -2.40. The second-order valence-corrected chi connectivity index (χ2v) is 17.3. The molecule has 342 valence electrons. The van der Waals surface area contributed by atoms with Gasteiger partial charge in [-0.2, -0.15) is 0 Å². The minimum Gasteiger partial charge on any atom is -0.394 e. The summed E-state index contributed by atoms with van der Waals surface area (Å²) in [7, 11) is 0. The van der Waals surface area contributed by atoms with Crippen LogP contribution in [-0.4, -0.2) is 87.5 Å². The van der Waals surface area contributed by atoms with Crippen LogP contribution in [0.5, 0.6) is 0 Å². The van der Waals surface area contributed by atoms with Crippen LogP contribution in [0.25, 0.3) is 0 Å². The fraction of sp³-hybridized carbons (Fsp3) is 0.898. The summed E-state index contributed by atoms with van der Waals surface area (Å²) in [6.07, 6.45) is 40.8. The van der Waals surface area contributed by atoms with E-state index in [1.54, 1.807) is 6.08 Å². The van der Waals surface area contributed by atoms with Crippen molar-refractivity contribution in [3.05, 3.63) is 24.3 Å². The van der Waals surface area contributed by atoms with Crippen molar-refractivity contribution in [1.82, 2.24) is 5.32 Å². The molecule has 58 heavy (non-hydrogen) atoms. The number of unbranched alkanes of at least 4 members (excludes halogenated alkanes) is 29. The SMILES string of the molecule is CCCCCCCC/C=C\CCCCCCCC(=O)NC(COC1OC(CO)C(O)C(O)C1O)C(O)/C=C/CCCCCCCCCCCCCCCCCCCC. The van der Waals surface area contributed by atoms with Crippen LogP contribution in [0.1, 0.15) is 226 Å². The maximum Gasteiger partial charge on any atom is 0.220 e. The molecule has 1 rings (SSSR count). The number of aliphatic hydroxyl groups is 5. The monoisotopic (exact) mass is 824 g/mol. The lowest BCUT2D eigenvalue weighted by atomic mass is 9.99. The second-order valence-electron chi connectivity index (χ2n) is 17.3. The van der Waals surface area contributed by atoms with E-state index in [1.165, 1.54) is 148 Å². The molecule has 9 nitrogen and oxygen atoms in total. The first-order valence-corrected chi connectivity index (χ1v) is 24.6. The van der Waals surface area contributed by atoms with E-state index in [4.69, 9.17) is 9.47 Å². The molecule has 6 N–H and O–H groups in total. The van der Waals surface area contributed by atoms with Crippen LogP contribution in [0, 0.1) is 0 Å². The fourth-order valence-electron chi connectivity index (χ4n) is 7.80. The maximum atomic E-state index is 13.0. The summed E-state index contributed by atoms with van der Waals surface area (Å²) in [5.74, 6) is -0.184. The number of nitrogens with one attached hydrogen (secondary N) is 1. The Morgan fingerprint density at radius 2 is 0.966 bits per heavy atom. The van der Waals surface area contributed by atoms with Gasteiger partial charge < -0.3 is 40.3 Å². The lowest BCUT2D eigenvalue weighted by molar-refractivity contribution is -0.302. The van der Waals surface area contributed by atoms with Crippen LogP contribution in [0.3, 0.4) is 0 Å². The number of aliphatic hydroxyl groups excluding tert-OH is 5. The molecule has 1 aliphatic rings. The van der Waals surface area contributed by atoms with Gasteiger partial charge in [0, 0.05) is 6.42 Å². The van der Waals surface area contributed by atoms with E-state index < -0.39 is 49.5 Å². The Labute approximate surface area is 356 Å². The van der Waals surface area contributed by atoms with Crippen molar-refractivity contribution in [3.8, 4) is 0 Å². The molecule has 0 aliphatic carbocycles. The van der Waals surface area contributed by atoms with Crippen molar-refractivity contribution in [2.75, 3.05) is 13.2 Å². The molecule has 1 fully saturated rings. The van der Waals surface area contributed by atoms with Crippen LogP contribution in [-0.2, 0) is 14.3 Å². The molecule has 0 radical (unpaired) electrons. The highest BCUT2D eigenvalue weighted by molar-refractivity contribution is 5.76. The average Bonchev–Trinajstić information content (AvgIpc) is 3.22. The Hall–Kier alpha value is -1.33. The molecule has 9 heteroatoms. The van der Waals surface area contributed by atoms with Gasteiger partial charge in [-0.1, -0.05) is 199 Å². The average molecular weight is 824 g/mol. The molecule has 7 atom stereocenters. The molecule has 1 saturated heterocycles. The summed E-state index contributed by atoms with van der Waals surface area (Å²) >= 11 is 0. The van der Waals surface area contributed by atoms with Gasteiger partial charge in [0.2, 0.25) is 5.91 Å². The standard InChI is InChI=1S/C49H93NO8/c1-3-5-7-9-11-13-15-17-19-20-21-22-23-25-26-28-30-32-34-36-38-43(52)42(41-57-49-48(56)47(55)46(54)44(40-51)58-49)50-45(53)39-37-35-33-31-29-27-24-18-16-14-12-10-8-6-4-2/h18,24,36,38,42-44,46-49,51-52,54-56H,3-17,19-23,25-35,37,39-41H2,1-2H3,(H,50,53)/b24-18-,38-36+. The molecule has 7 unspecified atom stereocenters. The summed E-state index contributed by atoms with van der Waals surface area (Å²) in [5.41, 5.74) is 0. The molecule has 0 aromatic heterocycles. The normalized spacial score (nSPS) is 21.0. The number of rotatable bonds is 41. The molecule has 0 aromatic rings. The Bertz CT molecular complexity index is 961. The Balaban J connectivity index is 2.32.